The van der Waals surface area contributed by atoms with Crippen molar-refractivity contribution in [3.63, 3.8) is 0 Å². The number of hydrogen-bond donors (Lipinski definition) is 1. The number of rotatable bonds is 6. The predicted octanol–water partition coefficient (Wildman–Crippen LogP) is 2.74. The Morgan fingerprint density at radius 1 is 1.24 bits per heavy atom. The molecule has 140 valence electrons. The molecular formula is C19H29ClN2O3. The fraction of sp³-hybridized carbons (Fsp3) is 0.632. The maximum Gasteiger partial charge on any atom is 0.253 e. The monoisotopic (exact) mass is 368 g/mol. The SMILES string of the molecule is CNCC1CCN(C(=O)c2ccc(OCC3CCCO3)cc2)CC1.Cl. The second-order valence-electron chi connectivity index (χ2n) is 6.76. The number of amides is 1. The van der Waals surface area contributed by atoms with Crippen LogP contribution in [-0.2, 0) is 4.74 Å². The van der Waals surface area contributed by atoms with Crippen molar-refractivity contribution in [2.75, 3.05) is 39.9 Å². The van der Waals surface area contributed by atoms with E-state index in [2.05, 4.69) is 5.32 Å². The van der Waals surface area contributed by atoms with E-state index in [-0.39, 0.29) is 24.4 Å². The summed E-state index contributed by atoms with van der Waals surface area (Å²) >= 11 is 0. The van der Waals surface area contributed by atoms with Crippen LogP contribution in [0.1, 0.15) is 36.0 Å². The number of piperidine rings is 1. The molecule has 0 saturated carbocycles. The summed E-state index contributed by atoms with van der Waals surface area (Å²) in [5, 5.41) is 3.23. The van der Waals surface area contributed by atoms with E-state index >= 15 is 0 Å². The van der Waals surface area contributed by atoms with Gasteiger partial charge in [-0.2, -0.15) is 0 Å². The van der Waals surface area contributed by atoms with Crippen LogP contribution in [0.15, 0.2) is 24.3 Å². The van der Waals surface area contributed by atoms with Gasteiger partial charge < -0.3 is 19.7 Å². The maximum absolute atomic E-state index is 12.6. The molecule has 2 aliphatic heterocycles. The van der Waals surface area contributed by atoms with E-state index in [1.807, 2.05) is 36.2 Å². The summed E-state index contributed by atoms with van der Waals surface area (Å²) in [5.74, 6) is 1.62. The fourth-order valence-electron chi connectivity index (χ4n) is 3.47. The van der Waals surface area contributed by atoms with Crippen LogP contribution >= 0.6 is 12.4 Å². The highest BCUT2D eigenvalue weighted by Gasteiger charge is 2.23. The molecule has 2 saturated heterocycles. The Labute approximate surface area is 156 Å². The predicted molar refractivity (Wildman–Crippen MR) is 101 cm³/mol. The van der Waals surface area contributed by atoms with Crippen molar-refractivity contribution in [1.29, 1.82) is 0 Å². The second-order valence-corrected chi connectivity index (χ2v) is 6.76. The summed E-state index contributed by atoms with van der Waals surface area (Å²) in [5.41, 5.74) is 0.742. The van der Waals surface area contributed by atoms with Gasteiger partial charge in [-0.15, -0.1) is 12.4 Å². The van der Waals surface area contributed by atoms with Gasteiger partial charge in [0.25, 0.3) is 5.91 Å². The van der Waals surface area contributed by atoms with Gasteiger partial charge in [-0.3, -0.25) is 4.79 Å². The zero-order valence-corrected chi connectivity index (χ0v) is 15.7. The van der Waals surface area contributed by atoms with E-state index in [1.54, 1.807) is 0 Å². The molecule has 1 amide bonds. The number of carbonyl (C=O) groups is 1. The molecule has 1 atom stereocenters. The topological polar surface area (TPSA) is 50.8 Å². The number of nitrogens with one attached hydrogen (secondary N) is 1. The average Bonchev–Trinajstić information content (AvgIpc) is 3.14. The summed E-state index contributed by atoms with van der Waals surface area (Å²) in [6, 6.07) is 7.51. The molecule has 0 bridgehead atoms. The summed E-state index contributed by atoms with van der Waals surface area (Å²) in [6.07, 6.45) is 4.56. The Bertz CT molecular complexity index is 524. The van der Waals surface area contributed by atoms with Crippen LogP contribution in [0.5, 0.6) is 5.75 Å². The first-order valence-corrected chi connectivity index (χ1v) is 9.04. The Hall–Kier alpha value is -1.30. The molecule has 0 aromatic heterocycles. The highest BCUT2D eigenvalue weighted by atomic mass is 35.5. The molecule has 5 nitrogen and oxygen atoms in total. The molecule has 0 aliphatic carbocycles. The number of carbonyl (C=O) groups excluding carboxylic acids is 1. The first-order chi connectivity index (χ1) is 11.8. The molecule has 1 N–H and O–H groups in total. The van der Waals surface area contributed by atoms with Crippen LogP contribution in [0.2, 0.25) is 0 Å². The van der Waals surface area contributed by atoms with Crippen molar-refractivity contribution in [3.8, 4) is 5.75 Å². The van der Waals surface area contributed by atoms with Gasteiger partial charge in [-0.1, -0.05) is 0 Å². The second kappa shape index (κ2) is 10.00. The molecule has 25 heavy (non-hydrogen) atoms. The first kappa shape index (κ1) is 20.0. The summed E-state index contributed by atoms with van der Waals surface area (Å²) in [4.78, 5) is 14.6. The zero-order chi connectivity index (χ0) is 16.8. The number of hydrogen-bond acceptors (Lipinski definition) is 4. The lowest BCUT2D eigenvalue weighted by molar-refractivity contribution is 0.0674. The van der Waals surface area contributed by atoms with E-state index in [0.717, 1.165) is 63.2 Å². The molecular weight excluding hydrogens is 340 g/mol. The number of halogens is 1. The average molecular weight is 369 g/mol. The van der Waals surface area contributed by atoms with E-state index in [9.17, 15) is 4.79 Å². The number of nitrogens with zero attached hydrogens (tertiary/aromatic N) is 1. The van der Waals surface area contributed by atoms with Crippen LogP contribution in [0.25, 0.3) is 0 Å². The molecule has 2 fully saturated rings. The Kier molecular flexibility index (Phi) is 8.00. The highest BCUT2D eigenvalue weighted by molar-refractivity contribution is 5.94. The third kappa shape index (κ3) is 5.59. The third-order valence-electron chi connectivity index (χ3n) is 4.96. The largest absolute Gasteiger partial charge is 0.491 e. The Morgan fingerprint density at radius 3 is 2.56 bits per heavy atom. The van der Waals surface area contributed by atoms with Crippen LogP contribution in [0.4, 0.5) is 0 Å². The van der Waals surface area contributed by atoms with Gasteiger partial charge in [0, 0.05) is 25.3 Å². The van der Waals surface area contributed by atoms with Crippen molar-refractivity contribution in [2.24, 2.45) is 5.92 Å². The molecule has 2 heterocycles. The molecule has 2 aliphatic rings. The number of benzene rings is 1. The third-order valence-corrected chi connectivity index (χ3v) is 4.96. The van der Waals surface area contributed by atoms with Gasteiger partial charge in [0.05, 0.1) is 6.10 Å². The van der Waals surface area contributed by atoms with Gasteiger partial charge in [0.1, 0.15) is 12.4 Å². The van der Waals surface area contributed by atoms with Crippen molar-refractivity contribution in [2.45, 2.75) is 31.8 Å². The molecule has 0 radical (unpaired) electrons. The summed E-state index contributed by atoms with van der Waals surface area (Å²) in [6.45, 7) is 4.17. The van der Waals surface area contributed by atoms with Crippen LogP contribution in [0.3, 0.4) is 0 Å². The fourth-order valence-corrected chi connectivity index (χ4v) is 3.47. The van der Waals surface area contributed by atoms with E-state index in [1.165, 1.54) is 0 Å². The minimum Gasteiger partial charge on any atom is -0.491 e. The highest BCUT2D eigenvalue weighted by Crippen LogP contribution is 2.20. The van der Waals surface area contributed by atoms with Gasteiger partial charge in [-0.05, 0) is 69.5 Å². The van der Waals surface area contributed by atoms with E-state index < -0.39 is 0 Å². The lowest BCUT2D eigenvalue weighted by Crippen LogP contribution is -2.40. The summed E-state index contributed by atoms with van der Waals surface area (Å²) in [7, 11) is 1.99. The standard InChI is InChI=1S/C19H28N2O3.ClH/c1-20-13-15-8-10-21(11-9-15)19(22)16-4-6-17(7-5-16)24-14-18-3-2-12-23-18;/h4-7,15,18,20H,2-3,8-14H2,1H3;1H. The van der Waals surface area contributed by atoms with Crippen molar-refractivity contribution < 1.29 is 14.3 Å². The first-order valence-electron chi connectivity index (χ1n) is 9.04. The molecule has 1 unspecified atom stereocenters. The van der Waals surface area contributed by atoms with Gasteiger partial charge >= 0.3 is 0 Å². The van der Waals surface area contributed by atoms with Crippen molar-refractivity contribution in [3.05, 3.63) is 29.8 Å². The molecule has 0 spiro atoms. The van der Waals surface area contributed by atoms with Gasteiger partial charge in [-0.25, -0.2) is 0 Å². The smallest absolute Gasteiger partial charge is 0.253 e. The molecule has 1 aromatic carbocycles. The minimum absolute atomic E-state index is 0. The lowest BCUT2D eigenvalue weighted by atomic mass is 9.96. The van der Waals surface area contributed by atoms with E-state index in [0.29, 0.717) is 12.5 Å². The molecule has 1 aromatic rings. The van der Waals surface area contributed by atoms with Gasteiger partial charge in [0.2, 0.25) is 0 Å². The Morgan fingerprint density at radius 2 is 1.96 bits per heavy atom. The minimum atomic E-state index is 0. The number of ether oxygens (including phenoxy) is 2. The summed E-state index contributed by atoms with van der Waals surface area (Å²) < 4.78 is 11.3. The van der Waals surface area contributed by atoms with Crippen LogP contribution in [-0.4, -0.2) is 56.8 Å². The van der Waals surface area contributed by atoms with Gasteiger partial charge in [0.15, 0.2) is 0 Å². The lowest BCUT2D eigenvalue weighted by Gasteiger charge is -2.32. The van der Waals surface area contributed by atoms with Crippen LogP contribution in [0, 0.1) is 5.92 Å². The molecule has 3 rings (SSSR count). The van der Waals surface area contributed by atoms with Crippen LogP contribution < -0.4 is 10.1 Å². The molecule has 6 heteroatoms. The number of likely N-dealkylation sites (tertiary alicyclic amines) is 1. The van der Waals surface area contributed by atoms with Crippen molar-refractivity contribution in [1.82, 2.24) is 10.2 Å². The quantitative estimate of drug-likeness (QED) is 0.838. The Balaban J connectivity index is 0.00000225. The zero-order valence-electron chi connectivity index (χ0n) is 14.9. The van der Waals surface area contributed by atoms with E-state index in [4.69, 9.17) is 9.47 Å². The van der Waals surface area contributed by atoms with Crippen molar-refractivity contribution >= 4 is 18.3 Å². The maximum atomic E-state index is 12.6. The normalized spacial score (nSPS) is 21.0.